The minimum absolute atomic E-state index is 0.114. The molecule has 20 heavy (non-hydrogen) atoms. The fourth-order valence-corrected chi connectivity index (χ4v) is 3.39. The average molecular weight is 306 g/mol. The maximum atomic E-state index is 5.81. The summed E-state index contributed by atoms with van der Waals surface area (Å²) >= 11 is 6.82. The second-order valence-electron chi connectivity index (χ2n) is 4.76. The number of aryl methyl sites for hydroxylation is 3. The van der Waals surface area contributed by atoms with Crippen molar-refractivity contribution in [2.45, 2.75) is 33.7 Å². The number of hydrogen-bond acceptors (Lipinski definition) is 5. The third-order valence-corrected chi connectivity index (χ3v) is 4.55. The molecule has 0 saturated heterocycles. The number of anilines is 1. The lowest BCUT2D eigenvalue weighted by atomic mass is 10.1. The SMILES string of the molecule is Cc1nc(C)c(C(C)Nc2nccc(C)c2C(N)=S)s1. The third kappa shape index (κ3) is 2.96. The zero-order valence-electron chi connectivity index (χ0n) is 12.0. The van der Waals surface area contributed by atoms with Crippen LogP contribution in [0, 0.1) is 20.8 Å². The lowest BCUT2D eigenvalue weighted by Crippen LogP contribution is -2.17. The van der Waals surface area contributed by atoms with Crippen LogP contribution < -0.4 is 11.1 Å². The molecular weight excluding hydrogens is 288 g/mol. The molecule has 1 unspecified atom stereocenters. The molecule has 0 saturated carbocycles. The lowest BCUT2D eigenvalue weighted by molar-refractivity contribution is 0.878. The van der Waals surface area contributed by atoms with Crippen LogP contribution in [0.3, 0.4) is 0 Å². The van der Waals surface area contributed by atoms with Crippen molar-refractivity contribution in [3.8, 4) is 0 Å². The summed E-state index contributed by atoms with van der Waals surface area (Å²) < 4.78 is 0. The first-order chi connectivity index (χ1) is 9.40. The van der Waals surface area contributed by atoms with Gasteiger partial charge in [-0.3, -0.25) is 0 Å². The van der Waals surface area contributed by atoms with Gasteiger partial charge in [-0.25, -0.2) is 9.97 Å². The summed E-state index contributed by atoms with van der Waals surface area (Å²) in [5, 5.41) is 4.46. The maximum absolute atomic E-state index is 5.81. The Kier molecular flexibility index (Phi) is 4.35. The van der Waals surface area contributed by atoms with E-state index in [2.05, 4.69) is 22.2 Å². The maximum Gasteiger partial charge on any atom is 0.136 e. The Balaban J connectivity index is 2.33. The van der Waals surface area contributed by atoms with Crippen molar-refractivity contribution >= 4 is 34.4 Å². The van der Waals surface area contributed by atoms with Crippen LogP contribution in [0.5, 0.6) is 0 Å². The van der Waals surface area contributed by atoms with Crippen LogP contribution in [-0.4, -0.2) is 15.0 Å². The van der Waals surface area contributed by atoms with E-state index in [4.69, 9.17) is 18.0 Å². The fourth-order valence-electron chi connectivity index (χ4n) is 2.20. The third-order valence-electron chi connectivity index (χ3n) is 3.09. The first-order valence-corrected chi connectivity index (χ1v) is 7.58. The van der Waals surface area contributed by atoms with Crippen LogP contribution in [0.1, 0.15) is 39.7 Å². The molecule has 2 rings (SSSR count). The summed E-state index contributed by atoms with van der Waals surface area (Å²) in [6.07, 6.45) is 1.76. The molecule has 2 heterocycles. The molecule has 0 amide bonds. The number of nitrogens with two attached hydrogens (primary N) is 1. The summed E-state index contributed by atoms with van der Waals surface area (Å²) in [4.78, 5) is 10.4. The smallest absolute Gasteiger partial charge is 0.136 e. The fraction of sp³-hybridized carbons (Fsp3) is 0.357. The van der Waals surface area contributed by atoms with Gasteiger partial charge in [-0.15, -0.1) is 11.3 Å². The van der Waals surface area contributed by atoms with E-state index in [1.165, 1.54) is 4.88 Å². The van der Waals surface area contributed by atoms with Gasteiger partial charge in [0.05, 0.1) is 22.3 Å². The van der Waals surface area contributed by atoms with E-state index >= 15 is 0 Å². The highest BCUT2D eigenvalue weighted by molar-refractivity contribution is 7.80. The van der Waals surface area contributed by atoms with Gasteiger partial charge in [0.1, 0.15) is 10.8 Å². The molecule has 0 aromatic carbocycles. The molecule has 4 nitrogen and oxygen atoms in total. The summed E-state index contributed by atoms with van der Waals surface area (Å²) in [7, 11) is 0. The Morgan fingerprint density at radius 2 is 2.10 bits per heavy atom. The van der Waals surface area contributed by atoms with Gasteiger partial charge in [0.2, 0.25) is 0 Å². The molecule has 0 spiro atoms. The highest BCUT2D eigenvalue weighted by Crippen LogP contribution is 2.28. The van der Waals surface area contributed by atoms with Gasteiger partial charge in [0.15, 0.2) is 0 Å². The van der Waals surface area contributed by atoms with Crippen molar-refractivity contribution in [1.29, 1.82) is 0 Å². The standard InChI is InChI=1S/C14H18N4S2/c1-7-5-6-16-14(11(7)13(15)19)18-9(3)12-8(2)17-10(4)20-12/h5-6,9H,1-4H3,(H2,15,19)(H,16,18). The zero-order chi connectivity index (χ0) is 14.9. The lowest BCUT2D eigenvalue weighted by Gasteiger charge is -2.17. The van der Waals surface area contributed by atoms with Crippen molar-refractivity contribution in [1.82, 2.24) is 9.97 Å². The molecule has 6 heteroatoms. The van der Waals surface area contributed by atoms with Gasteiger partial charge in [-0.2, -0.15) is 0 Å². The quantitative estimate of drug-likeness (QED) is 0.849. The highest BCUT2D eigenvalue weighted by atomic mass is 32.1. The second kappa shape index (κ2) is 5.85. The van der Waals surface area contributed by atoms with Crippen molar-refractivity contribution in [2.24, 2.45) is 5.73 Å². The molecule has 2 aromatic heterocycles. The number of nitrogens with one attached hydrogen (secondary N) is 1. The Hall–Kier alpha value is -1.53. The normalized spacial score (nSPS) is 12.2. The predicted octanol–water partition coefficient (Wildman–Crippen LogP) is 3.27. The van der Waals surface area contributed by atoms with E-state index in [1.54, 1.807) is 17.5 Å². The van der Waals surface area contributed by atoms with E-state index in [-0.39, 0.29) is 6.04 Å². The van der Waals surface area contributed by atoms with Gasteiger partial charge >= 0.3 is 0 Å². The van der Waals surface area contributed by atoms with Gasteiger partial charge in [0, 0.05) is 11.1 Å². The summed E-state index contributed by atoms with van der Waals surface area (Å²) in [5.74, 6) is 0.732. The van der Waals surface area contributed by atoms with Crippen LogP contribution >= 0.6 is 23.6 Å². The number of nitrogens with zero attached hydrogens (tertiary/aromatic N) is 2. The molecular formula is C14H18N4S2. The topological polar surface area (TPSA) is 63.8 Å². The summed E-state index contributed by atoms with van der Waals surface area (Å²) in [6, 6.07) is 2.02. The monoisotopic (exact) mass is 306 g/mol. The largest absolute Gasteiger partial charge is 0.389 e. The summed E-state index contributed by atoms with van der Waals surface area (Å²) in [6.45, 7) is 8.11. The molecule has 106 valence electrons. The molecule has 0 aliphatic heterocycles. The van der Waals surface area contributed by atoms with Crippen LogP contribution in [0.4, 0.5) is 5.82 Å². The van der Waals surface area contributed by atoms with Crippen LogP contribution in [0.25, 0.3) is 0 Å². The molecule has 3 N–H and O–H groups in total. The second-order valence-corrected chi connectivity index (χ2v) is 6.44. The Morgan fingerprint density at radius 3 is 2.65 bits per heavy atom. The van der Waals surface area contributed by atoms with E-state index < -0.39 is 0 Å². The van der Waals surface area contributed by atoms with Crippen molar-refractivity contribution in [2.75, 3.05) is 5.32 Å². The molecule has 2 aromatic rings. The number of thiazole rings is 1. The van der Waals surface area contributed by atoms with Gasteiger partial charge in [-0.05, 0) is 39.3 Å². The molecule has 0 aliphatic carbocycles. The first-order valence-electron chi connectivity index (χ1n) is 6.36. The minimum atomic E-state index is 0.114. The van der Waals surface area contributed by atoms with Crippen molar-refractivity contribution in [3.05, 3.63) is 39.0 Å². The zero-order valence-corrected chi connectivity index (χ0v) is 13.7. The Labute approximate surface area is 128 Å². The molecule has 0 fully saturated rings. The number of rotatable bonds is 4. The van der Waals surface area contributed by atoms with Crippen LogP contribution in [0.15, 0.2) is 12.3 Å². The molecule has 1 atom stereocenters. The van der Waals surface area contributed by atoms with E-state index in [0.717, 1.165) is 27.6 Å². The number of hydrogen-bond donors (Lipinski definition) is 2. The van der Waals surface area contributed by atoms with Crippen LogP contribution in [-0.2, 0) is 0 Å². The summed E-state index contributed by atoms with van der Waals surface area (Å²) in [5.41, 5.74) is 8.70. The van der Waals surface area contributed by atoms with Crippen molar-refractivity contribution < 1.29 is 0 Å². The number of thiocarbonyl (C=S) groups is 1. The Bertz CT molecular complexity index is 649. The van der Waals surface area contributed by atoms with E-state index in [9.17, 15) is 0 Å². The predicted molar refractivity (Wildman–Crippen MR) is 88.5 cm³/mol. The first kappa shape index (κ1) is 14.9. The van der Waals surface area contributed by atoms with Crippen molar-refractivity contribution in [3.63, 3.8) is 0 Å². The molecule has 0 radical (unpaired) electrons. The van der Waals surface area contributed by atoms with Gasteiger partial charge < -0.3 is 11.1 Å². The average Bonchev–Trinajstić information content (AvgIpc) is 2.68. The molecule has 0 aliphatic rings. The van der Waals surface area contributed by atoms with E-state index in [1.807, 2.05) is 26.8 Å². The minimum Gasteiger partial charge on any atom is -0.389 e. The number of pyridine rings is 1. The van der Waals surface area contributed by atoms with E-state index in [0.29, 0.717) is 4.99 Å². The Morgan fingerprint density at radius 1 is 1.40 bits per heavy atom. The van der Waals surface area contributed by atoms with Gasteiger partial charge in [-0.1, -0.05) is 12.2 Å². The van der Waals surface area contributed by atoms with Crippen LogP contribution in [0.2, 0.25) is 0 Å². The van der Waals surface area contributed by atoms with Gasteiger partial charge in [0.25, 0.3) is 0 Å². The molecule has 0 bridgehead atoms. The highest BCUT2D eigenvalue weighted by Gasteiger charge is 2.16. The number of aromatic nitrogens is 2.